The van der Waals surface area contributed by atoms with Crippen LogP contribution in [0.25, 0.3) is 0 Å². The van der Waals surface area contributed by atoms with Gasteiger partial charge < -0.3 is 15.0 Å². The summed E-state index contributed by atoms with van der Waals surface area (Å²) >= 11 is 11.7. The quantitative estimate of drug-likeness (QED) is 0.779. The topological polar surface area (TPSA) is 58.6 Å². The third-order valence-corrected chi connectivity index (χ3v) is 3.48. The molecule has 7 heteroatoms. The zero-order valence-electron chi connectivity index (χ0n) is 12.0. The number of benzene rings is 1. The van der Waals surface area contributed by atoms with Crippen molar-refractivity contribution in [3.8, 4) is 0 Å². The Bertz CT molecular complexity index is 509. The number of halogens is 2. The maximum atomic E-state index is 12.1. The lowest BCUT2D eigenvalue weighted by atomic mass is 10.2. The highest BCUT2D eigenvalue weighted by Gasteiger charge is 2.15. The molecule has 1 N–H and O–H groups in total. The molecule has 0 heterocycles. The third-order valence-electron chi connectivity index (χ3n) is 2.74. The van der Waals surface area contributed by atoms with Gasteiger partial charge in [-0.25, -0.2) is 0 Å². The number of likely N-dealkylation sites (N-methyl/N-ethyl adjacent to an activating group) is 1. The van der Waals surface area contributed by atoms with Crippen molar-refractivity contribution in [3.63, 3.8) is 0 Å². The number of carbonyl (C=O) groups excluding carboxylic acids is 2. The van der Waals surface area contributed by atoms with Crippen LogP contribution >= 0.6 is 23.2 Å². The van der Waals surface area contributed by atoms with E-state index in [0.29, 0.717) is 28.8 Å². The van der Waals surface area contributed by atoms with Crippen molar-refractivity contribution in [1.82, 2.24) is 10.2 Å². The molecule has 0 aromatic heterocycles. The van der Waals surface area contributed by atoms with Crippen molar-refractivity contribution >= 4 is 35.0 Å². The Balaban J connectivity index is 2.50. The van der Waals surface area contributed by atoms with Gasteiger partial charge in [0.1, 0.15) is 0 Å². The second-order valence-corrected chi connectivity index (χ2v) is 5.30. The van der Waals surface area contributed by atoms with E-state index >= 15 is 0 Å². The summed E-state index contributed by atoms with van der Waals surface area (Å²) in [5, 5.41) is 3.40. The summed E-state index contributed by atoms with van der Waals surface area (Å²) in [6.45, 7) is 1.08. The normalized spacial score (nSPS) is 10.3. The number of methoxy groups -OCH3 is 1. The highest BCUT2D eigenvalue weighted by molar-refractivity contribution is 6.42. The van der Waals surface area contributed by atoms with Gasteiger partial charge >= 0.3 is 0 Å². The summed E-state index contributed by atoms with van der Waals surface area (Å²) in [4.78, 5) is 25.1. The molecule has 0 saturated carbocycles. The molecule has 0 aliphatic carbocycles. The minimum atomic E-state index is -0.291. The van der Waals surface area contributed by atoms with E-state index in [1.165, 1.54) is 11.0 Å². The first-order valence-corrected chi connectivity index (χ1v) is 7.17. The van der Waals surface area contributed by atoms with Crippen LogP contribution in [0.5, 0.6) is 0 Å². The number of ether oxygens (including phenoxy) is 1. The maximum absolute atomic E-state index is 12.1. The molecule has 0 saturated heterocycles. The summed E-state index contributed by atoms with van der Waals surface area (Å²) in [7, 11) is 3.16. The second kappa shape index (κ2) is 8.87. The molecular formula is C14H18Cl2N2O3. The maximum Gasteiger partial charge on any atom is 0.254 e. The fourth-order valence-electron chi connectivity index (χ4n) is 1.64. The zero-order chi connectivity index (χ0) is 15.8. The number of nitrogens with one attached hydrogen (secondary N) is 1. The van der Waals surface area contributed by atoms with Gasteiger partial charge in [-0.05, 0) is 24.6 Å². The Labute approximate surface area is 134 Å². The predicted octanol–water partition coefficient (Wildman–Crippen LogP) is 2.22. The molecule has 0 bridgehead atoms. The molecule has 0 spiro atoms. The van der Waals surface area contributed by atoms with Crippen molar-refractivity contribution < 1.29 is 14.3 Å². The van der Waals surface area contributed by atoms with Crippen molar-refractivity contribution in [1.29, 1.82) is 0 Å². The Morgan fingerprint density at radius 1 is 1.29 bits per heavy atom. The second-order valence-electron chi connectivity index (χ2n) is 4.49. The van der Waals surface area contributed by atoms with Crippen molar-refractivity contribution in [2.24, 2.45) is 0 Å². The largest absolute Gasteiger partial charge is 0.385 e. The standard InChI is InChI=1S/C14H18Cl2N2O3/c1-18(9-13(19)17-6-3-7-21-2)14(20)10-4-5-11(15)12(16)8-10/h4-5,8H,3,6-7,9H2,1-2H3,(H,17,19). The molecule has 0 aliphatic heterocycles. The van der Waals surface area contributed by atoms with Crippen LogP contribution in [-0.4, -0.2) is 50.6 Å². The molecule has 0 unspecified atom stereocenters. The van der Waals surface area contributed by atoms with Gasteiger partial charge in [-0.1, -0.05) is 23.2 Å². The molecule has 5 nitrogen and oxygen atoms in total. The van der Waals surface area contributed by atoms with E-state index in [4.69, 9.17) is 27.9 Å². The SMILES string of the molecule is COCCCNC(=O)CN(C)C(=O)c1ccc(Cl)c(Cl)c1. The fourth-order valence-corrected chi connectivity index (χ4v) is 1.94. The number of nitrogens with zero attached hydrogens (tertiary/aromatic N) is 1. The lowest BCUT2D eigenvalue weighted by Gasteiger charge is -2.17. The molecule has 0 radical (unpaired) electrons. The number of carbonyl (C=O) groups is 2. The van der Waals surface area contributed by atoms with Crippen molar-refractivity contribution in [2.75, 3.05) is 33.9 Å². The van der Waals surface area contributed by atoms with Crippen LogP contribution in [0.2, 0.25) is 10.0 Å². The molecule has 21 heavy (non-hydrogen) atoms. The van der Waals surface area contributed by atoms with E-state index in [1.54, 1.807) is 26.3 Å². The summed E-state index contributed by atoms with van der Waals surface area (Å²) in [6, 6.07) is 4.61. The number of rotatable bonds is 7. The van der Waals surface area contributed by atoms with Gasteiger partial charge in [0.2, 0.25) is 5.91 Å². The molecule has 1 aromatic carbocycles. The lowest BCUT2D eigenvalue weighted by molar-refractivity contribution is -0.121. The van der Waals surface area contributed by atoms with Crippen LogP contribution in [0.15, 0.2) is 18.2 Å². The van der Waals surface area contributed by atoms with Gasteiger partial charge in [0.15, 0.2) is 0 Å². The van der Waals surface area contributed by atoms with E-state index in [9.17, 15) is 9.59 Å². The van der Waals surface area contributed by atoms with E-state index in [0.717, 1.165) is 6.42 Å². The minimum absolute atomic E-state index is 0.0218. The first-order valence-electron chi connectivity index (χ1n) is 6.42. The van der Waals surface area contributed by atoms with Crippen LogP contribution in [0.4, 0.5) is 0 Å². The van der Waals surface area contributed by atoms with Crippen LogP contribution in [0.3, 0.4) is 0 Å². The predicted molar refractivity (Wildman–Crippen MR) is 82.9 cm³/mol. The Kier molecular flexibility index (Phi) is 7.50. The monoisotopic (exact) mass is 332 g/mol. The molecule has 0 aliphatic rings. The van der Waals surface area contributed by atoms with Gasteiger partial charge in [0.05, 0.1) is 16.6 Å². The third kappa shape index (κ3) is 5.91. The average molecular weight is 333 g/mol. The smallest absolute Gasteiger partial charge is 0.254 e. The summed E-state index contributed by atoms with van der Waals surface area (Å²) in [5.74, 6) is -0.511. The molecule has 1 aromatic rings. The van der Waals surface area contributed by atoms with Crippen LogP contribution in [-0.2, 0) is 9.53 Å². The fraction of sp³-hybridized carbons (Fsp3) is 0.429. The van der Waals surface area contributed by atoms with Gasteiger partial charge in [-0.15, -0.1) is 0 Å². The van der Waals surface area contributed by atoms with Gasteiger partial charge in [0, 0.05) is 32.9 Å². The molecular weight excluding hydrogens is 315 g/mol. The number of hydrogen-bond donors (Lipinski definition) is 1. The first-order chi connectivity index (χ1) is 9.95. The molecule has 0 fully saturated rings. The van der Waals surface area contributed by atoms with Gasteiger partial charge in [-0.2, -0.15) is 0 Å². The number of amides is 2. The summed E-state index contributed by atoms with van der Waals surface area (Å²) < 4.78 is 4.88. The van der Waals surface area contributed by atoms with Crippen molar-refractivity contribution in [3.05, 3.63) is 33.8 Å². The van der Waals surface area contributed by atoms with Crippen molar-refractivity contribution in [2.45, 2.75) is 6.42 Å². The number of hydrogen-bond acceptors (Lipinski definition) is 3. The van der Waals surface area contributed by atoms with Gasteiger partial charge in [0.25, 0.3) is 5.91 Å². The molecule has 2 amide bonds. The van der Waals surface area contributed by atoms with Gasteiger partial charge in [-0.3, -0.25) is 9.59 Å². The highest BCUT2D eigenvalue weighted by Crippen LogP contribution is 2.23. The molecule has 0 atom stereocenters. The van der Waals surface area contributed by atoms with E-state index < -0.39 is 0 Å². The first kappa shape index (κ1) is 17.8. The van der Waals surface area contributed by atoms with Crippen LogP contribution in [0, 0.1) is 0 Å². The average Bonchev–Trinajstić information content (AvgIpc) is 2.45. The van der Waals surface area contributed by atoms with Crippen LogP contribution < -0.4 is 5.32 Å². The molecule has 1 rings (SSSR count). The van der Waals surface area contributed by atoms with Crippen LogP contribution in [0.1, 0.15) is 16.8 Å². The van der Waals surface area contributed by atoms with E-state index in [2.05, 4.69) is 5.32 Å². The highest BCUT2D eigenvalue weighted by atomic mass is 35.5. The minimum Gasteiger partial charge on any atom is -0.385 e. The summed E-state index contributed by atoms with van der Waals surface area (Å²) in [5.41, 5.74) is 0.388. The van der Waals surface area contributed by atoms with E-state index in [-0.39, 0.29) is 18.4 Å². The Morgan fingerprint density at radius 3 is 2.62 bits per heavy atom. The lowest BCUT2D eigenvalue weighted by Crippen LogP contribution is -2.38. The Hall–Kier alpha value is -1.30. The Morgan fingerprint density at radius 2 is 2.00 bits per heavy atom. The van der Waals surface area contributed by atoms with E-state index in [1.807, 2.05) is 0 Å². The zero-order valence-corrected chi connectivity index (χ0v) is 13.5. The summed E-state index contributed by atoms with van der Waals surface area (Å²) in [6.07, 6.45) is 0.729. The molecule has 116 valence electrons.